The van der Waals surface area contributed by atoms with Crippen molar-refractivity contribution in [3.8, 4) is 34.1 Å². The summed E-state index contributed by atoms with van der Waals surface area (Å²) < 4.78 is 100. The first-order valence-electron chi connectivity index (χ1n) is 24.5. The van der Waals surface area contributed by atoms with Gasteiger partial charge in [-0.05, 0) is 129 Å². The molecule has 5 aromatic rings. The summed E-state index contributed by atoms with van der Waals surface area (Å²) in [5, 5.41) is 11.9. The van der Waals surface area contributed by atoms with Crippen molar-refractivity contribution < 1.29 is 55.2 Å². The number of rotatable bonds is 16. The van der Waals surface area contributed by atoms with Gasteiger partial charge in [-0.1, -0.05) is 79.0 Å². The molecule has 0 spiro atoms. The van der Waals surface area contributed by atoms with Crippen LogP contribution in [0.5, 0.6) is 23.0 Å². The summed E-state index contributed by atoms with van der Waals surface area (Å²) in [7, 11) is 2.51. The van der Waals surface area contributed by atoms with E-state index in [0.29, 0.717) is 58.8 Å². The number of aliphatic imine (C=N–C) groups is 2. The number of carbonyl (C=O) groups is 2. The molecular weight excluding hydrogens is 1060 g/mol. The van der Waals surface area contributed by atoms with Gasteiger partial charge in [-0.3, -0.25) is 19.7 Å². The number of phenols is 1. The normalized spacial score (nSPS) is 16.4. The average molecular weight is 1120 g/mol. The third kappa shape index (κ3) is 13.9. The number of phenolic OH excluding ortho intramolecular Hbond substituents is 1. The number of nitrogens with zero attached hydrogens (tertiary/aromatic N) is 5. The van der Waals surface area contributed by atoms with Crippen LogP contribution in [0, 0.1) is 0 Å². The lowest BCUT2D eigenvalue weighted by Gasteiger charge is -2.38. The smallest absolute Gasteiger partial charge is 0.432 e. The van der Waals surface area contributed by atoms with Crippen LogP contribution in [0.3, 0.4) is 0 Å². The molecular formula is C56H58Cl3F6N5O6. The minimum absolute atomic E-state index is 0.0228. The fraction of sp³-hybridized carbons (Fsp3) is 0.357. The molecule has 5 aromatic carbocycles. The van der Waals surface area contributed by atoms with Crippen molar-refractivity contribution in [2.45, 2.75) is 84.4 Å². The van der Waals surface area contributed by atoms with E-state index in [0.717, 1.165) is 36.4 Å². The van der Waals surface area contributed by atoms with Crippen molar-refractivity contribution in [3.05, 3.63) is 146 Å². The molecule has 11 nitrogen and oxygen atoms in total. The van der Waals surface area contributed by atoms with Gasteiger partial charge in [0.15, 0.2) is 0 Å². The van der Waals surface area contributed by atoms with Gasteiger partial charge >= 0.3 is 18.4 Å². The Morgan fingerprint density at radius 2 is 1.51 bits per heavy atom. The molecule has 1 saturated heterocycles. The summed E-state index contributed by atoms with van der Waals surface area (Å²) in [4.78, 5) is 42.3. The van der Waals surface area contributed by atoms with Gasteiger partial charge in [-0.15, -0.1) is 0 Å². The van der Waals surface area contributed by atoms with Gasteiger partial charge in [-0.2, -0.15) is 26.3 Å². The van der Waals surface area contributed by atoms with Crippen molar-refractivity contribution in [2.75, 3.05) is 46.9 Å². The van der Waals surface area contributed by atoms with Crippen molar-refractivity contribution >= 4 is 63.9 Å². The van der Waals surface area contributed by atoms with E-state index < -0.39 is 52.5 Å². The molecule has 3 amide bonds. The molecule has 2 atom stereocenters. The maximum Gasteiger partial charge on any atom is 0.432 e. The van der Waals surface area contributed by atoms with Crippen LogP contribution in [-0.2, 0) is 11.0 Å². The number of ether oxygens (including phenoxy) is 3. The lowest BCUT2D eigenvalue weighted by molar-refractivity contribution is -0.137. The molecule has 2 aliphatic rings. The number of halogens is 9. The highest BCUT2D eigenvalue weighted by Gasteiger charge is 2.46. The molecule has 1 N–H and O–H groups in total. The molecule has 76 heavy (non-hydrogen) atoms. The number of aromatic hydroxyl groups is 1. The summed E-state index contributed by atoms with van der Waals surface area (Å²) in [6, 6.07) is 23.6. The minimum Gasteiger partial charge on any atom is -0.507 e. The molecule has 0 saturated carbocycles. The number of hydrogen-bond donors (Lipinski definition) is 1. The van der Waals surface area contributed by atoms with Gasteiger partial charge < -0.3 is 29.1 Å². The van der Waals surface area contributed by atoms with E-state index in [1.165, 1.54) is 30.0 Å². The molecule has 1 fully saturated rings. The Kier molecular flexibility index (Phi) is 19.8. The quantitative estimate of drug-likeness (QED) is 0.0598. The van der Waals surface area contributed by atoms with Gasteiger partial charge in [0.25, 0.3) is 0 Å². The minimum atomic E-state index is -4.86. The first-order valence-corrected chi connectivity index (χ1v) is 25.6. The van der Waals surface area contributed by atoms with Crippen LogP contribution >= 0.6 is 34.8 Å². The topological polar surface area (TPSA) is 117 Å². The lowest BCUT2D eigenvalue weighted by Crippen LogP contribution is -2.56. The highest BCUT2D eigenvalue weighted by Crippen LogP contribution is 2.48. The molecule has 0 aliphatic carbocycles. The van der Waals surface area contributed by atoms with Crippen LogP contribution in [0.1, 0.15) is 93.8 Å². The fourth-order valence-electron chi connectivity index (χ4n) is 8.79. The van der Waals surface area contributed by atoms with Crippen molar-refractivity contribution in [3.63, 3.8) is 0 Å². The third-order valence-corrected chi connectivity index (χ3v) is 13.3. The second kappa shape index (κ2) is 25.6. The second-order valence-corrected chi connectivity index (χ2v) is 19.1. The first kappa shape index (κ1) is 58.8. The highest BCUT2D eigenvalue weighted by molar-refractivity contribution is 6.31. The van der Waals surface area contributed by atoms with E-state index in [4.69, 9.17) is 54.0 Å². The van der Waals surface area contributed by atoms with Crippen LogP contribution in [0.4, 0.5) is 31.1 Å². The Morgan fingerprint density at radius 3 is 2.11 bits per heavy atom. The number of urea groups is 1. The molecule has 0 bridgehead atoms. The zero-order valence-corrected chi connectivity index (χ0v) is 45.1. The number of alkyl halides is 6. The van der Waals surface area contributed by atoms with E-state index in [9.17, 15) is 36.2 Å². The van der Waals surface area contributed by atoms with Gasteiger partial charge in [0, 0.05) is 48.4 Å². The maximum absolute atomic E-state index is 15.1. The van der Waals surface area contributed by atoms with Crippen LogP contribution in [-0.4, -0.2) is 103 Å². The predicted octanol–water partition coefficient (Wildman–Crippen LogP) is 15.0. The summed E-state index contributed by atoms with van der Waals surface area (Å²) in [6.45, 7) is 9.67. The Balaban J connectivity index is 0.00000463. The van der Waals surface area contributed by atoms with E-state index in [-0.39, 0.29) is 66.3 Å². The number of unbranched alkanes of at least 4 members (excludes halogenated alkanes) is 2. The molecule has 2 aliphatic heterocycles. The number of allylic oxidation sites excluding steroid dienone is 2. The Bertz CT molecular complexity index is 2950. The Hall–Kier alpha value is -6.43. The number of amides is 3. The van der Waals surface area contributed by atoms with Gasteiger partial charge in [0.05, 0.1) is 47.6 Å². The summed E-state index contributed by atoms with van der Waals surface area (Å²) >= 11 is 18.6. The number of amidine groups is 1. The largest absolute Gasteiger partial charge is 0.507 e. The number of hydrogen-bond acceptors (Lipinski definition) is 8. The van der Waals surface area contributed by atoms with E-state index >= 15 is 4.79 Å². The van der Waals surface area contributed by atoms with E-state index in [1.807, 2.05) is 52.0 Å². The fourth-order valence-corrected chi connectivity index (χ4v) is 9.27. The molecule has 406 valence electrons. The zero-order chi connectivity index (χ0) is 55.6. The number of methoxy groups -OCH3 is 1. The molecule has 20 heteroatoms. The SMILES string of the molecule is CC.CN=C(/C=C(\C)c1ccc(OCCCCCN2CCN(C(=O)N3C(c4ccc(OC)cc4OC(C)C)=NC(c4ccc(Cl)cc4)[C@H]3c3ccc(Cl)cc3)CC2=O)c(-c2ccc(Cl)c(C(F)(F)F)c2)c1O)C(F)(F)F. The van der Waals surface area contributed by atoms with Crippen LogP contribution < -0.4 is 14.2 Å². The predicted molar refractivity (Wildman–Crippen MR) is 286 cm³/mol. The highest BCUT2D eigenvalue weighted by atomic mass is 35.5. The van der Waals surface area contributed by atoms with Crippen LogP contribution in [0.25, 0.3) is 16.7 Å². The molecule has 0 radical (unpaired) electrons. The summed E-state index contributed by atoms with van der Waals surface area (Å²) in [5.74, 6) is 0.403. The van der Waals surface area contributed by atoms with Gasteiger partial charge in [-0.25, -0.2) is 4.79 Å². The maximum atomic E-state index is 15.1. The van der Waals surface area contributed by atoms with Crippen molar-refractivity contribution in [2.24, 2.45) is 9.98 Å². The Morgan fingerprint density at radius 1 is 0.855 bits per heavy atom. The number of benzene rings is 5. The lowest BCUT2D eigenvalue weighted by atomic mass is 9.93. The van der Waals surface area contributed by atoms with Crippen molar-refractivity contribution in [1.82, 2.24) is 14.7 Å². The first-order chi connectivity index (χ1) is 36.1. The van der Waals surface area contributed by atoms with Gasteiger partial charge in [0.2, 0.25) is 5.91 Å². The molecule has 1 unspecified atom stereocenters. The standard InChI is InChI=1S/C54H52Cl3F6N5O6.C2H6/c1-31(2)74-44-29-38(72-5)18-19-40(44)51-65-48(33-9-14-36(55)15-10-33)49(34-11-16-37(56)17-12-34)68(51)52(71)67-25-24-66(46(69)30-67)23-7-6-8-26-73-43-22-20-39(32(3)27-45(64-4)54(61,62)63)50(70)47(43)35-13-21-42(57)41(28-35)53(58,59)60;1-2/h9-22,27-29,31,48-49,70H,6-8,23-26,30H2,1-5H3;1-2H3/b32-27+,64-45?;/t48?,49-;/m1./s1. The summed E-state index contributed by atoms with van der Waals surface area (Å²) in [6.07, 6.45) is -7.71. The Labute approximate surface area is 453 Å². The molecule has 7 rings (SSSR count). The third-order valence-electron chi connectivity index (χ3n) is 12.4. The zero-order valence-electron chi connectivity index (χ0n) is 42.8. The molecule has 2 heterocycles. The molecule has 0 aromatic heterocycles. The number of carbonyl (C=O) groups excluding carboxylic acids is 2. The van der Waals surface area contributed by atoms with E-state index in [2.05, 4.69) is 4.99 Å². The monoisotopic (exact) mass is 1120 g/mol. The number of piperazine rings is 1. The average Bonchev–Trinajstić information content (AvgIpc) is 3.84. The van der Waals surface area contributed by atoms with Gasteiger partial charge in [0.1, 0.15) is 47.1 Å². The van der Waals surface area contributed by atoms with Crippen LogP contribution in [0.15, 0.2) is 113 Å². The van der Waals surface area contributed by atoms with Crippen LogP contribution in [0.2, 0.25) is 15.1 Å². The van der Waals surface area contributed by atoms with Crippen molar-refractivity contribution in [1.29, 1.82) is 0 Å². The summed E-state index contributed by atoms with van der Waals surface area (Å²) in [5.41, 5.74) is -0.809. The van der Waals surface area contributed by atoms with E-state index in [1.54, 1.807) is 59.4 Å². The second-order valence-electron chi connectivity index (χ2n) is 17.8.